The van der Waals surface area contributed by atoms with E-state index in [-0.39, 0.29) is 5.41 Å². The first-order valence-corrected chi connectivity index (χ1v) is 5.83. The van der Waals surface area contributed by atoms with Crippen molar-refractivity contribution in [1.82, 2.24) is 0 Å². The molecule has 0 saturated heterocycles. The summed E-state index contributed by atoms with van der Waals surface area (Å²) >= 11 is 0. The summed E-state index contributed by atoms with van der Waals surface area (Å²) in [5.74, 6) is 1.47. The van der Waals surface area contributed by atoms with Crippen molar-refractivity contribution in [1.29, 1.82) is 0 Å². The second-order valence-corrected chi connectivity index (χ2v) is 5.71. The third-order valence-corrected chi connectivity index (χ3v) is 3.41. The first-order chi connectivity index (χ1) is 7.02. The minimum atomic E-state index is 0.253. The molecule has 1 aliphatic carbocycles. The van der Waals surface area contributed by atoms with Crippen LogP contribution in [0.3, 0.4) is 0 Å². The van der Waals surface area contributed by atoms with E-state index in [1.165, 1.54) is 17.5 Å². The van der Waals surface area contributed by atoms with Crippen LogP contribution in [0.15, 0.2) is 24.3 Å². The maximum atomic E-state index is 5.69. The van der Waals surface area contributed by atoms with Crippen LogP contribution < -0.4 is 5.73 Å². The Morgan fingerprint density at radius 3 is 2.60 bits per heavy atom. The van der Waals surface area contributed by atoms with E-state index >= 15 is 0 Å². The zero-order valence-electron chi connectivity index (χ0n) is 9.96. The molecular weight excluding hydrogens is 182 g/mol. The van der Waals surface area contributed by atoms with Gasteiger partial charge in [0.15, 0.2) is 0 Å². The molecule has 15 heavy (non-hydrogen) atoms. The molecule has 0 aliphatic heterocycles. The van der Waals surface area contributed by atoms with E-state index in [0.717, 1.165) is 18.4 Å². The Labute approximate surface area is 92.7 Å². The fourth-order valence-electron chi connectivity index (χ4n) is 2.15. The van der Waals surface area contributed by atoms with Crippen LogP contribution in [0.2, 0.25) is 0 Å². The van der Waals surface area contributed by atoms with Gasteiger partial charge in [0.05, 0.1) is 0 Å². The Bertz CT molecular complexity index is 349. The highest BCUT2D eigenvalue weighted by Crippen LogP contribution is 2.47. The molecule has 1 nitrogen and oxygen atoms in total. The van der Waals surface area contributed by atoms with Crippen LogP contribution in [-0.2, 0) is 5.41 Å². The van der Waals surface area contributed by atoms with Gasteiger partial charge in [-0.05, 0) is 41.3 Å². The molecule has 0 heterocycles. The van der Waals surface area contributed by atoms with Crippen molar-refractivity contribution in [2.24, 2.45) is 11.7 Å². The molecule has 2 unspecified atom stereocenters. The zero-order chi connectivity index (χ0) is 11.1. The molecule has 1 aliphatic rings. The minimum absolute atomic E-state index is 0.253. The first kappa shape index (κ1) is 10.7. The van der Waals surface area contributed by atoms with Crippen LogP contribution in [0.1, 0.15) is 44.2 Å². The van der Waals surface area contributed by atoms with Gasteiger partial charge < -0.3 is 5.73 Å². The van der Waals surface area contributed by atoms with Gasteiger partial charge in [-0.1, -0.05) is 45.0 Å². The van der Waals surface area contributed by atoms with Crippen LogP contribution in [0.5, 0.6) is 0 Å². The molecule has 2 N–H and O–H groups in total. The molecule has 0 aromatic heterocycles. The van der Waals surface area contributed by atoms with Crippen molar-refractivity contribution in [2.45, 2.75) is 38.5 Å². The summed E-state index contributed by atoms with van der Waals surface area (Å²) in [5, 5.41) is 0. The van der Waals surface area contributed by atoms with E-state index in [4.69, 9.17) is 5.73 Å². The fraction of sp³-hybridized carbons (Fsp3) is 0.571. The normalized spacial score (nSPS) is 25.3. The third-order valence-electron chi connectivity index (χ3n) is 3.41. The molecule has 1 saturated carbocycles. The molecule has 1 heteroatoms. The van der Waals surface area contributed by atoms with Gasteiger partial charge >= 0.3 is 0 Å². The summed E-state index contributed by atoms with van der Waals surface area (Å²) in [4.78, 5) is 0. The number of rotatable bonds is 2. The smallest absolute Gasteiger partial charge is 0.00428 e. The summed E-state index contributed by atoms with van der Waals surface area (Å²) in [7, 11) is 0. The lowest BCUT2D eigenvalue weighted by atomic mass is 9.85. The van der Waals surface area contributed by atoms with Crippen molar-refractivity contribution in [2.75, 3.05) is 6.54 Å². The van der Waals surface area contributed by atoms with Crippen LogP contribution in [0.4, 0.5) is 0 Å². The Hall–Kier alpha value is -0.820. The van der Waals surface area contributed by atoms with Gasteiger partial charge in [-0.3, -0.25) is 0 Å². The standard InChI is InChI=1S/C14H21N/c1-14(2,3)12-6-4-5-10(7-12)13-8-11(13)9-15/h4-7,11,13H,8-9,15H2,1-3H3. The first-order valence-electron chi connectivity index (χ1n) is 5.83. The van der Waals surface area contributed by atoms with Gasteiger partial charge in [-0.2, -0.15) is 0 Å². The predicted octanol–water partition coefficient (Wildman–Crippen LogP) is 3.05. The molecule has 82 valence electrons. The second kappa shape index (κ2) is 3.64. The van der Waals surface area contributed by atoms with Gasteiger partial charge in [0.25, 0.3) is 0 Å². The monoisotopic (exact) mass is 203 g/mol. The fourth-order valence-corrected chi connectivity index (χ4v) is 2.15. The Morgan fingerprint density at radius 2 is 2.07 bits per heavy atom. The quantitative estimate of drug-likeness (QED) is 0.785. The topological polar surface area (TPSA) is 26.0 Å². The molecule has 1 aromatic carbocycles. The lowest BCUT2D eigenvalue weighted by molar-refractivity contribution is 0.589. The van der Waals surface area contributed by atoms with E-state index < -0.39 is 0 Å². The maximum absolute atomic E-state index is 5.69. The Kier molecular flexibility index (Phi) is 2.59. The molecular formula is C14H21N. The SMILES string of the molecule is CC(C)(C)c1cccc(C2CC2CN)c1. The summed E-state index contributed by atoms with van der Waals surface area (Å²) < 4.78 is 0. The van der Waals surface area contributed by atoms with Crippen LogP contribution in [0, 0.1) is 5.92 Å². The van der Waals surface area contributed by atoms with Crippen LogP contribution >= 0.6 is 0 Å². The summed E-state index contributed by atoms with van der Waals surface area (Å²) in [6.45, 7) is 7.63. The average Bonchev–Trinajstić information content (AvgIpc) is 2.95. The second-order valence-electron chi connectivity index (χ2n) is 5.71. The van der Waals surface area contributed by atoms with Crippen molar-refractivity contribution in [3.05, 3.63) is 35.4 Å². The van der Waals surface area contributed by atoms with Gasteiger partial charge in [-0.25, -0.2) is 0 Å². The van der Waals surface area contributed by atoms with Crippen molar-refractivity contribution < 1.29 is 0 Å². The summed E-state index contributed by atoms with van der Waals surface area (Å²) in [6, 6.07) is 9.01. The predicted molar refractivity (Wildman–Crippen MR) is 65.0 cm³/mol. The van der Waals surface area contributed by atoms with E-state index in [1.54, 1.807) is 0 Å². The number of nitrogens with two attached hydrogens (primary N) is 1. The molecule has 2 rings (SSSR count). The highest BCUT2D eigenvalue weighted by Gasteiger charge is 2.37. The summed E-state index contributed by atoms with van der Waals surface area (Å²) in [6.07, 6.45) is 1.28. The molecule has 0 radical (unpaired) electrons. The largest absolute Gasteiger partial charge is 0.330 e. The summed E-state index contributed by atoms with van der Waals surface area (Å²) in [5.41, 5.74) is 8.86. The maximum Gasteiger partial charge on any atom is -0.00428 e. The van der Waals surface area contributed by atoms with Crippen molar-refractivity contribution in [3.8, 4) is 0 Å². The minimum Gasteiger partial charge on any atom is -0.330 e. The lowest BCUT2D eigenvalue weighted by Gasteiger charge is -2.19. The van der Waals surface area contributed by atoms with Gasteiger partial charge in [-0.15, -0.1) is 0 Å². The highest BCUT2D eigenvalue weighted by atomic mass is 14.6. The van der Waals surface area contributed by atoms with E-state index in [9.17, 15) is 0 Å². The molecule has 0 amide bonds. The van der Waals surface area contributed by atoms with Gasteiger partial charge in [0, 0.05) is 0 Å². The van der Waals surface area contributed by atoms with Crippen molar-refractivity contribution in [3.63, 3.8) is 0 Å². The average molecular weight is 203 g/mol. The van der Waals surface area contributed by atoms with Crippen molar-refractivity contribution >= 4 is 0 Å². The lowest BCUT2D eigenvalue weighted by Crippen LogP contribution is -2.11. The van der Waals surface area contributed by atoms with E-state index in [2.05, 4.69) is 45.0 Å². The van der Waals surface area contributed by atoms with Crippen LogP contribution in [0.25, 0.3) is 0 Å². The van der Waals surface area contributed by atoms with Crippen LogP contribution in [-0.4, -0.2) is 6.54 Å². The van der Waals surface area contributed by atoms with Gasteiger partial charge in [0.1, 0.15) is 0 Å². The molecule has 1 aromatic rings. The Balaban J connectivity index is 2.21. The number of hydrogen-bond acceptors (Lipinski definition) is 1. The molecule has 1 fully saturated rings. The number of benzene rings is 1. The third kappa shape index (κ3) is 2.23. The van der Waals surface area contributed by atoms with Gasteiger partial charge in [0.2, 0.25) is 0 Å². The molecule has 0 bridgehead atoms. The van der Waals surface area contributed by atoms with E-state index in [1.807, 2.05) is 0 Å². The Morgan fingerprint density at radius 1 is 1.33 bits per heavy atom. The highest BCUT2D eigenvalue weighted by molar-refractivity contribution is 5.33. The number of hydrogen-bond donors (Lipinski definition) is 1. The molecule has 2 atom stereocenters. The zero-order valence-corrected chi connectivity index (χ0v) is 9.96. The van der Waals surface area contributed by atoms with E-state index in [0.29, 0.717) is 0 Å². The molecule has 0 spiro atoms.